The first-order chi connectivity index (χ1) is 12.5. The molecule has 0 spiro atoms. The third kappa shape index (κ3) is 3.10. The summed E-state index contributed by atoms with van der Waals surface area (Å²) in [7, 11) is 1.57. The lowest BCUT2D eigenvalue weighted by atomic mass is 9.99. The molecule has 2 aromatic rings. The van der Waals surface area contributed by atoms with Crippen LogP contribution >= 0.6 is 0 Å². The van der Waals surface area contributed by atoms with E-state index >= 15 is 0 Å². The summed E-state index contributed by atoms with van der Waals surface area (Å²) in [6.07, 6.45) is 0.190. The quantitative estimate of drug-likeness (QED) is 0.858. The van der Waals surface area contributed by atoms with Crippen molar-refractivity contribution in [3.63, 3.8) is 0 Å². The van der Waals surface area contributed by atoms with E-state index in [0.29, 0.717) is 17.3 Å². The molecule has 1 atom stereocenters. The molecule has 1 aromatic carbocycles. The number of carbonyl (C=O) groups excluding carboxylic acids is 2. The fraction of sp³-hybridized carbons (Fsp3) is 0.300. The number of Topliss-reactive ketones (excluding diaryl/α,β-unsaturated/α-hetero) is 1. The van der Waals surface area contributed by atoms with Gasteiger partial charge < -0.3 is 19.2 Å². The standard InChI is InChI=1S/C20H21NO5/c1-4-15(22)17-18(16-9-8-12(2)26-16)21(20(24)19(17)23)11-13-6-5-7-14(10-13)25-3/h5-10,18,23H,4,11H2,1-3H3. The first-order valence-corrected chi connectivity index (χ1v) is 8.42. The molecule has 1 aliphatic rings. The number of rotatable bonds is 6. The highest BCUT2D eigenvalue weighted by atomic mass is 16.5. The molecule has 1 unspecified atom stereocenters. The van der Waals surface area contributed by atoms with Gasteiger partial charge in [0, 0.05) is 13.0 Å². The second-order valence-electron chi connectivity index (χ2n) is 6.17. The average molecular weight is 355 g/mol. The van der Waals surface area contributed by atoms with Gasteiger partial charge in [-0.1, -0.05) is 19.1 Å². The van der Waals surface area contributed by atoms with E-state index in [1.165, 1.54) is 4.90 Å². The molecule has 0 radical (unpaired) electrons. The minimum absolute atomic E-state index is 0.0924. The highest BCUT2D eigenvalue weighted by Crippen LogP contribution is 2.39. The minimum Gasteiger partial charge on any atom is -0.503 e. The topological polar surface area (TPSA) is 80.0 Å². The number of benzene rings is 1. The number of hydrogen-bond acceptors (Lipinski definition) is 5. The van der Waals surface area contributed by atoms with Crippen molar-refractivity contribution in [1.29, 1.82) is 0 Å². The van der Waals surface area contributed by atoms with Crippen LogP contribution in [0.1, 0.15) is 36.5 Å². The molecule has 2 heterocycles. The van der Waals surface area contributed by atoms with Crippen LogP contribution in [0.2, 0.25) is 0 Å². The van der Waals surface area contributed by atoms with Crippen molar-refractivity contribution >= 4 is 11.7 Å². The van der Waals surface area contributed by atoms with Crippen LogP contribution < -0.4 is 4.74 Å². The van der Waals surface area contributed by atoms with Gasteiger partial charge in [0.25, 0.3) is 5.91 Å². The van der Waals surface area contributed by atoms with Crippen molar-refractivity contribution < 1.29 is 23.8 Å². The van der Waals surface area contributed by atoms with E-state index in [1.807, 2.05) is 24.3 Å². The summed E-state index contributed by atoms with van der Waals surface area (Å²) in [6, 6.07) is 10.1. The largest absolute Gasteiger partial charge is 0.503 e. The molecule has 0 saturated heterocycles. The van der Waals surface area contributed by atoms with Gasteiger partial charge in [0.15, 0.2) is 11.5 Å². The van der Waals surface area contributed by atoms with E-state index in [1.54, 1.807) is 33.1 Å². The predicted molar refractivity (Wildman–Crippen MR) is 94.7 cm³/mol. The van der Waals surface area contributed by atoms with Crippen LogP contribution in [0.5, 0.6) is 5.75 Å². The van der Waals surface area contributed by atoms with Crippen molar-refractivity contribution in [2.45, 2.75) is 32.9 Å². The fourth-order valence-corrected chi connectivity index (χ4v) is 3.16. The summed E-state index contributed by atoms with van der Waals surface area (Å²) >= 11 is 0. The van der Waals surface area contributed by atoms with Crippen molar-refractivity contribution in [2.24, 2.45) is 0 Å². The van der Waals surface area contributed by atoms with Crippen molar-refractivity contribution in [3.8, 4) is 5.75 Å². The Kier molecular flexibility index (Phi) is 4.84. The Morgan fingerprint density at radius 1 is 1.31 bits per heavy atom. The van der Waals surface area contributed by atoms with Gasteiger partial charge in [-0.25, -0.2) is 0 Å². The van der Waals surface area contributed by atoms with Crippen molar-refractivity contribution in [1.82, 2.24) is 4.90 Å². The lowest BCUT2D eigenvalue weighted by molar-refractivity contribution is -0.130. The molecule has 136 valence electrons. The maximum Gasteiger partial charge on any atom is 0.290 e. The van der Waals surface area contributed by atoms with E-state index < -0.39 is 17.7 Å². The van der Waals surface area contributed by atoms with Crippen LogP contribution in [0.15, 0.2) is 52.1 Å². The molecule has 6 nitrogen and oxygen atoms in total. The van der Waals surface area contributed by atoms with Gasteiger partial charge >= 0.3 is 0 Å². The number of furan rings is 1. The first kappa shape index (κ1) is 17.8. The molecule has 1 amide bonds. The summed E-state index contributed by atoms with van der Waals surface area (Å²) in [4.78, 5) is 26.5. The molecule has 0 saturated carbocycles. The second-order valence-corrected chi connectivity index (χ2v) is 6.17. The Morgan fingerprint density at radius 3 is 2.69 bits per heavy atom. The van der Waals surface area contributed by atoms with Gasteiger partial charge in [0.05, 0.1) is 12.7 Å². The van der Waals surface area contributed by atoms with E-state index in [0.717, 1.165) is 5.56 Å². The number of ether oxygens (including phenoxy) is 1. The average Bonchev–Trinajstić information content (AvgIpc) is 3.17. The Hall–Kier alpha value is -3.02. The fourth-order valence-electron chi connectivity index (χ4n) is 3.16. The lowest BCUT2D eigenvalue weighted by Gasteiger charge is -2.25. The zero-order chi connectivity index (χ0) is 18.8. The maximum absolute atomic E-state index is 12.7. The molecule has 26 heavy (non-hydrogen) atoms. The molecular weight excluding hydrogens is 334 g/mol. The van der Waals surface area contributed by atoms with Crippen LogP contribution in [-0.4, -0.2) is 28.8 Å². The van der Waals surface area contributed by atoms with Crippen molar-refractivity contribution in [3.05, 3.63) is 64.8 Å². The van der Waals surface area contributed by atoms with Crippen LogP contribution in [-0.2, 0) is 16.1 Å². The Bertz CT molecular complexity index is 880. The molecule has 3 rings (SSSR count). The molecule has 0 aliphatic carbocycles. The molecule has 6 heteroatoms. The zero-order valence-electron chi connectivity index (χ0n) is 15.0. The van der Waals surface area contributed by atoms with Crippen LogP contribution in [0.4, 0.5) is 0 Å². The molecule has 1 aromatic heterocycles. The summed E-state index contributed by atoms with van der Waals surface area (Å²) in [5.41, 5.74) is 0.915. The van der Waals surface area contributed by atoms with Gasteiger partial charge in [0.1, 0.15) is 23.3 Å². The van der Waals surface area contributed by atoms with Gasteiger partial charge in [-0.05, 0) is 36.8 Å². The molecular formula is C20H21NO5. The monoisotopic (exact) mass is 355 g/mol. The normalized spacial score (nSPS) is 17.1. The SMILES string of the molecule is CCC(=O)C1=C(O)C(=O)N(Cc2cccc(OC)c2)C1c1ccc(C)o1. The number of aryl methyl sites for hydroxylation is 1. The van der Waals surface area contributed by atoms with Crippen LogP contribution in [0.25, 0.3) is 0 Å². The zero-order valence-corrected chi connectivity index (χ0v) is 15.0. The predicted octanol–water partition coefficient (Wildman–Crippen LogP) is 3.47. The van der Waals surface area contributed by atoms with Gasteiger partial charge in [-0.2, -0.15) is 0 Å². The van der Waals surface area contributed by atoms with E-state index in [-0.39, 0.29) is 24.3 Å². The molecule has 1 aliphatic heterocycles. The number of hydrogen-bond donors (Lipinski definition) is 1. The van der Waals surface area contributed by atoms with E-state index in [9.17, 15) is 14.7 Å². The first-order valence-electron chi connectivity index (χ1n) is 8.42. The van der Waals surface area contributed by atoms with Crippen LogP contribution in [0.3, 0.4) is 0 Å². The number of carbonyl (C=O) groups is 2. The minimum atomic E-state index is -0.741. The number of ketones is 1. The van der Waals surface area contributed by atoms with Crippen molar-refractivity contribution in [2.75, 3.05) is 7.11 Å². The second kappa shape index (κ2) is 7.07. The highest BCUT2D eigenvalue weighted by Gasteiger charge is 2.44. The molecule has 1 N–H and O–H groups in total. The number of amides is 1. The number of aliphatic hydroxyl groups is 1. The Balaban J connectivity index is 2.02. The third-order valence-electron chi connectivity index (χ3n) is 4.44. The number of aliphatic hydroxyl groups excluding tert-OH is 1. The van der Waals surface area contributed by atoms with E-state index in [4.69, 9.17) is 9.15 Å². The highest BCUT2D eigenvalue weighted by molar-refractivity contribution is 6.08. The smallest absolute Gasteiger partial charge is 0.290 e. The van der Waals surface area contributed by atoms with Gasteiger partial charge in [0.2, 0.25) is 0 Å². The summed E-state index contributed by atoms with van der Waals surface area (Å²) in [6.45, 7) is 3.70. The number of nitrogens with zero attached hydrogens (tertiary/aromatic N) is 1. The molecule has 0 fully saturated rings. The van der Waals surface area contributed by atoms with E-state index in [2.05, 4.69) is 0 Å². The third-order valence-corrected chi connectivity index (χ3v) is 4.44. The lowest BCUT2D eigenvalue weighted by Crippen LogP contribution is -2.30. The Morgan fingerprint density at radius 2 is 2.08 bits per heavy atom. The summed E-state index contributed by atoms with van der Waals surface area (Å²) in [5, 5.41) is 10.3. The summed E-state index contributed by atoms with van der Waals surface area (Å²) in [5.74, 6) is 0.440. The summed E-state index contributed by atoms with van der Waals surface area (Å²) < 4.78 is 10.9. The Labute approximate surface area is 151 Å². The van der Waals surface area contributed by atoms with Gasteiger partial charge in [-0.3, -0.25) is 9.59 Å². The van der Waals surface area contributed by atoms with Crippen LogP contribution in [0, 0.1) is 6.92 Å². The number of methoxy groups -OCH3 is 1. The molecule has 0 bridgehead atoms. The van der Waals surface area contributed by atoms with Gasteiger partial charge in [-0.15, -0.1) is 0 Å². The maximum atomic E-state index is 12.7.